The Balaban J connectivity index is 1.84. The van der Waals surface area contributed by atoms with E-state index in [1.165, 1.54) is 11.3 Å². The third-order valence-corrected chi connectivity index (χ3v) is 5.38. The topological polar surface area (TPSA) is 52.8 Å². The number of unbranched alkanes of at least 4 members (excludes halogenated alkanes) is 1. The lowest BCUT2D eigenvalue weighted by atomic mass is 10.2. The van der Waals surface area contributed by atoms with E-state index in [2.05, 4.69) is 16.5 Å². The number of para-hydroxylation sites is 1. The maximum atomic E-state index is 12.7. The fraction of sp³-hybridized carbons (Fsp3) is 0.364. The molecule has 0 fully saturated rings. The molecule has 0 aliphatic heterocycles. The van der Waals surface area contributed by atoms with E-state index in [-0.39, 0.29) is 5.91 Å². The van der Waals surface area contributed by atoms with Crippen LogP contribution in [-0.2, 0) is 11.3 Å². The highest BCUT2D eigenvalue weighted by atomic mass is 32.1. The zero-order chi connectivity index (χ0) is 19.8. The second-order valence-electron chi connectivity index (χ2n) is 6.34. The van der Waals surface area contributed by atoms with Crippen molar-refractivity contribution >= 4 is 27.5 Å². The van der Waals surface area contributed by atoms with Gasteiger partial charge in [0.2, 0.25) is 0 Å². The highest BCUT2D eigenvalue weighted by molar-refractivity contribution is 7.16. The molecule has 1 heterocycles. The van der Waals surface area contributed by atoms with Gasteiger partial charge in [-0.25, -0.2) is 0 Å². The molecular formula is C22H26N2O3S. The van der Waals surface area contributed by atoms with Crippen molar-refractivity contribution in [1.29, 1.82) is 0 Å². The molecule has 6 heteroatoms. The highest BCUT2D eigenvalue weighted by Crippen LogP contribution is 2.17. The van der Waals surface area contributed by atoms with Crippen LogP contribution >= 0.6 is 11.3 Å². The molecular weight excluding hydrogens is 372 g/mol. The van der Waals surface area contributed by atoms with E-state index in [9.17, 15) is 4.79 Å². The van der Waals surface area contributed by atoms with Gasteiger partial charge in [0.15, 0.2) is 4.80 Å². The number of fused-ring (bicyclic) bond motifs is 1. The van der Waals surface area contributed by atoms with Gasteiger partial charge in [0.1, 0.15) is 5.75 Å². The first kappa shape index (κ1) is 20.3. The van der Waals surface area contributed by atoms with Crippen molar-refractivity contribution in [3.05, 3.63) is 58.9 Å². The molecule has 1 aromatic heterocycles. The Morgan fingerprint density at radius 1 is 1.07 bits per heavy atom. The van der Waals surface area contributed by atoms with E-state index < -0.39 is 0 Å². The first-order valence-corrected chi connectivity index (χ1v) is 10.5. The van der Waals surface area contributed by atoms with Crippen molar-refractivity contribution in [2.24, 2.45) is 4.99 Å². The summed E-state index contributed by atoms with van der Waals surface area (Å²) in [5.74, 6) is 0.524. The van der Waals surface area contributed by atoms with Crippen molar-refractivity contribution < 1.29 is 14.3 Å². The average Bonchev–Trinajstić information content (AvgIpc) is 3.06. The monoisotopic (exact) mass is 398 g/mol. The van der Waals surface area contributed by atoms with E-state index in [1.807, 2.05) is 43.3 Å². The molecule has 28 heavy (non-hydrogen) atoms. The van der Waals surface area contributed by atoms with Gasteiger partial charge in [-0.3, -0.25) is 4.79 Å². The predicted octanol–water partition coefficient (Wildman–Crippen LogP) is 4.66. The number of amides is 1. The molecule has 0 N–H and O–H groups in total. The fourth-order valence-electron chi connectivity index (χ4n) is 2.80. The van der Waals surface area contributed by atoms with Gasteiger partial charge in [0.05, 0.1) is 23.4 Å². The third kappa shape index (κ3) is 5.09. The Hall–Kier alpha value is -2.44. The number of rotatable bonds is 9. The third-order valence-electron chi connectivity index (χ3n) is 4.32. The average molecular weight is 399 g/mol. The Morgan fingerprint density at radius 2 is 1.86 bits per heavy atom. The van der Waals surface area contributed by atoms with Crippen molar-refractivity contribution in [2.45, 2.75) is 33.2 Å². The molecule has 0 spiro atoms. The summed E-state index contributed by atoms with van der Waals surface area (Å²) < 4.78 is 14.3. The van der Waals surface area contributed by atoms with Gasteiger partial charge < -0.3 is 14.0 Å². The van der Waals surface area contributed by atoms with Gasteiger partial charge in [0.25, 0.3) is 5.91 Å². The maximum absolute atomic E-state index is 12.7. The number of ether oxygens (including phenoxy) is 2. The molecule has 3 rings (SSSR count). The summed E-state index contributed by atoms with van der Waals surface area (Å²) in [5, 5.41) is 0. The van der Waals surface area contributed by atoms with Crippen LogP contribution in [-0.4, -0.2) is 30.3 Å². The molecule has 0 bridgehead atoms. The number of hydrogen-bond acceptors (Lipinski definition) is 4. The van der Waals surface area contributed by atoms with Crippen LogP contribution in [0.25, 0.3) is 10.2 Å². The van der Waals surface area contributed by atoms with Gasteiger partial charge in [-0.05, 0) is 49.7 Å². The number of aromatic nitrogens is 1. The van der Waals surface area contributed by atoms with Crippen LogP contribution in [0, 0.1) is 0 Å². The Bertz CT molecular complexity index is 973. The van der Waals surface area contributed by atoms with Crippen LogP contribution in [0.2, 0.25) is 0 Å². The lowest BCUT2D eigenvalue weighted by Crippen LogP contribution is -2.19. The number of thiazole rings is 1. The van der Waals surface area contributed by atoms with Gasteiger partial charge in [0, 0.05) is 18.7 Å². The molecule has 0 saturated carbocycles. The standard InChI is InChI=1S/C22H26N2O3S/c1-3-5-15-27-18-12-10-17(11-13-18)21(25)23-22-24(14-16-26-4-2)19-8-6-7-9-20(19)28-22/h6-13H,3-5,14-16H2,1-2H3. The number of nitrogens with zero attached hydrogens (tertiary/aromatic N) is 2. The molecule has 2 aromatic carbocycles. The van der Waals surface area contributed by atoms with Gasteiger partial charge in [-0.15, -0.1) is 0 Å². The Labute approximate surface area is 169 Å². The molecule has 5 nitrogen and oxygen atoms in total. The summed E-state index contributed by atoms with van der Waals surface area (Å²) in [5.41, 5.74) is 1.62. The molecule has 0 aliphatic carbocycles. The van der Waals surface area contributed by atoms with Crippen molar-refractivity contribution in [2.75, 3.05) is 19.8 Å². The van der Waals surface area contributed by atoms with Crippen LogP contribution in [0.3, 0.4) is 0 Å². The summed E-state index contributed by atoms with van der Waals surface area (Å²) in [4.78, 5) is 17.8. The molecule has 0 unspecified atom stereocenters. The van der Waals surface area contributed by atoms with E-state index in [0.29, 0.717) is 36.7 Å². The van der Waals surface area contributed by atoms with Gasteiger partial charge >= 0.3 is 0 Å². The highest BCUT2D eigenvalue weighted by Gasteiger charge is 2.09. The molecule has 0 saturated heterocycles. The van der Waals surface area contributed by atoms with E-state index in [1.54, 1.807) is 12.1 Å². The van der Waals surface area contributed by atoms with E-state index >= 15 is 0 Å². The Kier molecular flexibility index (Phi) is 7.39. The van der Waals surface area contributed by atoms with Gasteiger partial charge in [-0.1, -0.05) is 36.8 Å². The van der Waals surface area contributed by atoms with Crippen LogP contribution < -0.4 is 9.54 Å². The summed E-state index contributed by atoms with van der Waals surface area (Å²) in [6.07, 6.45) is 2.11. The fourth-order valence-corrected chi connectivity index (χ4v) is 3.86. The van der Waals surface area contributed by atoms with Crippen molar-refractivity contribution in [3.8, 4) is 5.75 Å². The van der Waals surface area contributed by atoms with Crippen LogP contribution in [0.5, 0.6) is 5.75 Å². The normalized spacial score (nSPS) is 11.9. The smallest absolute Gasteiger partial charge is 0.279 e. The summed E-state index contributed by atoms with van der Waals surface area (Å²) >= 11 is 1.52. The summed E-state index contributed by atoms with van der Waals surface area (Å²) in [7, 11) is 0. The van der Waals surface area contributed by atoms with Crippen molar-refractivity contribution in [3.63, 3.8) is 0 Å². The molecule has 0 atom stereocenters. The largest absolute Gasteiger partial charge is 0.494 e. The minimum absolute atomic E-state index is 0.253. The number of hydrogen-bond donors (Lipinski definition) is 0. The second-order valence-corrected chi connectivity index (χ2v) is 7.35. The van der Waals surface area contributed by atoms with Crippen molar-refractivity contribution in [1.82, 2.24) is 4.57 Å². The minimum atomic E-state index is -0.253. The van der Waals surface area contributed by atoms with E-state index in [4.69, 9.17) is 9.47 Å². The molecule has 0 radical (unpaired) electrons. The zero-order valence-electron chi connectivity index (χ0n) is 16.4. The SMILES string of the molecule is CCCCOc1ccc(C(=O)N=c2sc3ccccc3n2CCOCC)cc1. The molecule has 148 valence electrons. The first-order valence-electron chi connectivity index (χ1n) is 9.71. The molecule has 0 aliphatic rings. The van der Waals surface area contributed by atoms with Crippen LogP contribution in [0.15, 0.2) is 53.5 Å². The summed E-state index contributed by atoms with van der Waals surface area (Å²) in [6, 6.07) is 15.3. The first-order chi connectivity index (χ1) is 13.7. The number of carbonyl (C=O) groups excluding carboxylic acids is 1. The minimum Gasteiger partial charge on any atom is -0.494 e. The molecule has 3 aromatic rings. The van der Waals surface area contributed by atoms with Crippen LogP contribution in [0.4, 0.5) is 0 Å². The quantitative estimate of drug-likeness (QED) is 0.493. The lowest BCUT2D eigenvalue weighted by Gasteiger charge is -2.06. The second kappa shape index (κ2) is 10.2. The zero-order valence-corrected chi connectivity index (χ0v) is 17.2. The summed E-state index contributed by atoms with van der Waals surface area (Å²) in [6.45, 7) is 6.70. The van der Waals surface area contributed by atoms with Crippen LogP contribution in [0.1, 0.15) is 37.0 Å². The Morgan fingerprint density at radius 3 is 2.61 bits per heavy atom. The predicted molar refractivity (Wildman–Crippen MR) is 113 cm³/mol. The lowest BCUT2D eigenvalue weighted by molar-refractivity contribution is 0.0996. The number of benzene rings is 2. The maximum Gasteiger partial charge on any atom is 0.279 e. The number of carbonyl (C=O) groups is 1. The molecule has 1 amide bonds. The van der Waals surface area contributed by atoms with E-state index in [0.717, 1.165) is 28.8 Å². The van der Waals surface area contributed by atoms with Gasteiger partial charge in [-0.2, -0.15) is 4.99 Å².